The molecule has 234 valence electrons. The van der Waals surface area contributed by atoms with Gasteiger partial charge in [-0.15, -0.1) is 11.6 Å². The number of halogens is 1. The first-order valence-electron chi connectivity index (χ1n) is 14.2. The second-order valence-corrected chi connectivity index (χ2v) is 13.7. The van der Waals surface area contributed by atoms with Gasteiger partial charge in [-0.1, -0.05) is 44.2 Å². The summed E-state index contributed by atoms with van der Waals surface area (Å²) in [7, 11) is -2.42. The molecule has 1 amide bonds. The predicted octanol–water partition coefficient (Wildman–Crippen LogP) is 3.19. The van der Waals surface area contributed by atoms with Crippen LogP contribution in [-0.4, -0.2) is 92.2 Å². The van der Waals surface area contributed by atoms with Crippen molar-refractivity contribution in [3.05, 3.63) is 54.1 Å². The highest BCUT2D eigenvalue weighted by Crippen LogP contribution is 2.36. The number of benzene rings is 2. The van der Waals surface area contributed by atoms with Crippen LogP contribution in [-0.2, 0) is 30.7 Å². The lowest BCUT2D eigenvalue weighted by atomic mass is 10.0. The SMILES string of the molecule is CNc1nc2ccc(S(=O)(=O)N(CC(C)C)C[C@@H](O)[C@H](Cc3ccccc3)NC(=O)O[C@H]3CO[C@H]4OC[C@H](Cl)[C@H]43)cc2o1. The van der Waals surface area contributed by atoms with E-state index in [1.54, 1.807) is 13.1 Å². The first-order chi connectivity index (χ1) is 20.5. The van der Waals surface area contributed by atoms with Gasteiger partial charge in [0.2, 0.25) is 10.0 Å². The van der Waals surface area contributed by atoms with E-state index in [9.17, 15) is 18.3 Å². The normalized spacial score (nSPS) is 23.4. The van der Waals surface area contributed by atoms with E-state index in [0.29, 0.717) is 17.7 Å². The summed E-state index contributed by atoms with van der Waals surface area (Å²) < 4.78 is 51.3. The van der Waals surface area contributed by atoms with Crippen molar-refractivity contribution in [3.8, 4) is 0 Å². The Morgan fingerprint density at radius 2 is 1.91 bits per heavy atom. The third kappa shape index (κ3) is 7.24. The van der Waals surface area contributed by atoms with Crippen molar-refractivity contribution < 1.29 is 36.9 Å². The third-order valence-electron chi connectivity index (χ3n) is 7.50. The molecule has 2 aromatic carbocycles. The maximum absolute atomic E-state index is 13.9. The number of fused-ring (bicyclic) bond motifs is 2. The van der Waals surface area contributed by atoms with Gasteiger partial charge >= 0.3 is 6.09 Å². The Kier molecular flexibility index (Phi) is 9.79. The second-order valence-electron chi connectivity index (χ2n) is 11.2. The molecule has 43 heavy (non-hydrogen) atoms. The molecule has 5 rings (SSSR count). The molecular formula is C29H37ClN4O8S. The van der Waals surface area contributed by atoms with E-state index in [-0.39, 0.29) is 54.2 Å². The van der Waals surface area contributed by atoms with Gasteiger partial charge in [-0.05, 0) is 30.0 Å². The van der Waals surface area contributed by atoms with Crippen LogP contribution in [0.2, 0.25) is 0 Å². The zero-order valence-electron chi connectivity index (χ0n) is 24.2. The predicted molar refractivity (Wildman–Crippen MR) is 159 cm³/mol. The van der Waals surface area contributed by atoms with Crippen LogP contribution in [0.5, 0.6) is 0 Å². The fourth-order valence-electron chi connectivity index (χ4n) is 5.37. The quantitative estimate of drug-likeness (QED) is 0.253. The van der Waals surface area contributed by atoms with E-state index in [0.717, 1.165) is 5.56 Å². The highest BCUT2D eigenvalue weighted by atomic mass is 35.5. The lowest BCUT2D eigenvalue weighted by Crippen LogP contribution is -2.52. The van der Waals surface area contributed by atoms with Gasteiger partial charge in [0.1, 0.15) is 11.6 Å². The average molecular weight is 637 g/mol. The Labute approximate surface area is 255 Å². The molecule has 3 N–H and O–H groups in total. The molecule has 0 saturated carbocycles. The van der Waals surface area contributed by atoms with E-state index in [4.69, 9.17) is 30.2 Å². The van der Waals surface area contributed by atoms with Crippen LogP contribution in [0.15, 0.2) is 57.8 Å². The van der Waals surface area contributed by atoms with Crippen LogP contribution in [0, 0.1) is 11.8 Å². The van der Waals surface area contributed by atoms with Crippen molar-refractivity contribution in [2.24, 2.45) is 11.8 Å². The Hall–Kier alpha value is -2.94. The molecule has 2 aliphatic rings. The summed E-state index contributed by atoms with van der Waals surface area (Å²) in [5.41, 5.74) is 1.66. The smallest absolute Gasteiger partial charge is 0.407 e. The van der Waals surface area contributed by atoms with E-state index >= 15 is 0 Å². The van der Waals surface area contributed by atoms with E-state index < -0.39 is 40.7 Å². The molecule has 0 bridgehead atoms. The molecule has 3 heterocycles. The summed E-state index contributed by atoms with van der Waals surface area (Å²) in [6.07, 6.45) is -2.95. The zero-order valence-corrected chi connectivity index (χ0v) is 25.8. The highest BCUT2D eigenvalue weighted by molar-refractivity contribution is 7.89. The number of aliphatic hydroxyl groups is 1. The monoisotopic (exact) mass is 636 g/mol. The molecule has 12 nitrogen and oxygen atoms in total. The topological polar surface area (TPSA) is 152 Å². The van der Waals surface area contributed by atoms with E-state index in [1.807, 2.05) is 44.2 Å². The number of aromatic nitrogens is 1. The minimum atomic E-state index is -4.07. The molecule has 0 spiro atoms. The van der Waals surface area contributed by atoms with Gasteiger partial charge < -0.3 is 34.4 Å². The number of carbonyl (C=O) groups excluding carboxylic acids is 1. The van der Waals surface area contributed by atoms with Gasteiger partial charge in [-0.3, -0.25) is 0 Å². The molecule has 3 aromatic rings. The maximum atomic E-state index is 13.9. The molecule has 0 radical (unpaired) electrons. The summed E-state index contributed by atoms with van der Waals surface area (Å²) in [5.74, 6) is -0.354. The molecular weight excluding hydrogens is 600 g/mol. The highest BCUT2D eigenvalue weighted by Gasteiger charge is 2.49. The van der Waals surface area contributed by atoms with Crippen LogP contribution in [0.3, 0.4) is 0 Å². The van der Waals surface area contributed by atoms with E-state index in [1.165, 1.54) is 16.4 Å². The van der Waals surface area contributed by atoms with Crippen molar-refractivity contribution in [1.29, 1.82) is 0 Å². The summed E-state index contributed by atoms with van der Waals surface area (Å²) >= 11 is 6.36. The number of hydrogen-bond acceptors (Lipinski definition) is 10. The van der Waals surface area contributed by atoms with Gasteiger partial charge in [-0.25, -0.2) is 13.2 Å². The molecule has 2 aliphatic heterocycles. The molecule has 2 saturated heterocycles. The number of nitrogens with zero attached hydrogens (tertiary/aromatic N) is 2. The van der Waals surface area contributed by atoms with Crippen molar-refractivity contribution in [1.82, 2.24) is 14.6 Å². The number of rotatable bonds is 12. The lowest BCUT2D eigenvalue weighted by molar-refractivity contribution is -0.0907. The number of alkyl halides is 1. The summed E-state index contributed by atoms with van der Waals surface area (Å²) in [4.78, 5) is 17.3. The number of oxazole rings is 1. The van der Waals surface area contributed by atoms with Crippen LogP contribution >= 0.6 is 11.6 Å². The van der Waals surface area contributed by atoms with Gasteiger partial charge in [0.05, 0.1) is 41.6 Å². The molecule has 2 fully saturated rings. The van der Waals surface area contributed by atoms with Crippen molar-refractivity contribution >= 4 is 44.8 Å². The minimum absolute atomic E-state index is 0.00355. The number of carbonyl (C=O) groups is 1. The average Bonchev–Trinajstić information content (AvgIpc) is 3.68. The van der Waals surface area contributed by atoms with Gasteiger partial charge in [0.15, 0.2) is 11.9 Å². The van der Waals surface area contributed by atoms with Crippen molar-refractivity contribution in [2.75, 3.05) is 38.7 Å². The van der Waals surface area contributed by atoms with E-state index in [2.05, 4.69) is 15.6 Å². The van der Waals surface area contributed by atoms with Crippen molar-refractivity contribution in [3.63, 3.8) is 0 Å². The van der Waals surface area contributed by atoms with Crippen LogP contribution in [0.1, 0.15) is 19.4 Å². The summed E-state index contributed by atoms with van der Waals surface area (Å²) in [6.45, 7) is 4.08. The number of aliphatic hydroxyl groups excluding tert-OH is 1. The number of sulfonamides is 1. The van der Waals surface area contributed by atoms with Gasteiger partial charge in [0, 0.05) is 26.2 Å². The van der Waals surface area contributed by atoms with Crippen molar-refractivity contribution in [2.45, 2.75) is 55.1 Å². The number of hydrogen-bond donors (Lipinski definition) is 3. The zero-order chi connectivity index (χ0) is 30.7. The number of amides is 1. The second kappa shape index (κ2) is 13.4. The fourth-order valence-corrected chi connectivity index (χ4v) is 7.36. The molecule has 1 aromatic heterocycles. The number of nitrogens with one attached hydrogen (secondary N) is 2. The Morgan fingerprint density at radius 1 is 1.16 bits per heavy atom. The maximum Gasteiger partial charge on any atom is 0.407 e. The largest absolute Gasteiger partial charge is 0.443 e. The van der Waals surface area contributed by atoms with Crippen LogP contribution in [0.25, 0.3) is 11.1 Å². The third-order valence-corrected chi connectivity index (χ3v) is 9.75. The first-order valence-corrected chi connectivity index (χ1v) is 16.1. The lowest BCUT2D eigenvalue weighted by Gasteiger charge is -2.31. The minimum Gasteiger partial charge on any atom is -0.443 e. The Morgan fingerprint density at radius 3 is 2.63 bits per heavy atom. The molecule has 0 aliphatic carbocycles. The van der Waals surface area contributed by atoms with Crippen LogP contribution in [0.4, 0.5) is 10.8 Å². The Balaban J connectivity index is 1.35. The van der Waals surface area contributed by atoms with Crippen LogP contribution < -0.4 is 10.6 Å². The first kappa shape index (κ1) is 31.5. The summed E-state index contributed by atoms with van der Waals surface area (Å²) in [6, 6.07) is 13.1. The summed E-state index contributed by atoms with van der Waals surface area (Å²) in [5, 5.41) is 16.7. The Bertz CT molecular complexity index is 1500. The fraction of sp³-hybridized carbons (Fsp3) is 0.517. The molecule has 0 unspecified atom stereocenters. The molecule has 14 heteroatoms. The number of ether oxygens (including phenoxy) is 3. The standard InChI is InChI=1S/C29H37ClN4O8S/c1-17(2)13-34(43(37,38)19-9-10-21-24(12-19)41-28(31-3)32-21)14-23(35)22(11-18-7-5-4-6-8-18)33-29(36)42-25-16-40-27-26(25)20(30)15-39-27/h4-10,12,17,20,22-23,25-27,35H,11,13-16H2,1-3H3,(H,31,32)(H,33,36)/t20-,22-,23+,25-,26-,27+/m0/s1. The van der Waals surface area contributed by atoms with Gasteiger partial charge in [-0.2, -0.15) is 9.29 Å². The molecule has 6 atom stereocenters. The number of alkyl carbamates (subject to hydrolysis) is 1. The van der Waals surface area contributed by atoms with Gasteiger partial charge in [0.25, 0.3) is 6.01 Å². The number of anilines is 1.